The summed E-state index contributed by atoms with van der Waals surface area (Å²) in [4.78, 5) is 25.5. The highest BCUT2D eigenvalue weighted by Crippen LogP contribution is 2.27. The smallest absolute Gasteiger partial charge is 0.262 e. The number of ether oxygens (including phenoxy) is 2. The summed E-state index contributed by atoms with van der Waals surface area (Å²) in [5, 5.41) is 2.72. The van der Waals surface area contributed by atoms with E-state index in [9.17, 15) is 9.59 Å². The second-order valence-corrected chi connectivity index (χ2v) is 5.77. The van der Waals surface area contributed by atoms with Gasteiger partial charge in [-0.15, -0.1) is 0 Å². The van der Waals surface area contributed by atoms with Gasteiger partial charge < -0.3 is 19.7 Å². The number of carbonyl (C=O) groups excluding carboxylic acids is 2. The normalized spacial score (nSPS) is 10.1. The van der Waals surface area contributed by atoms with Gasteiger partial charge in [-0.1, -0.05) is 12.1 Å². The quantitative estimate of drug-likeness (QED) is 0.876. The molecule has 0 aromatic heterocycles. The van der Waals surface area contributed by atoms with Crippen LogP contribution in [-0.2, 0) is 4.79 Å². The van der Waals surface area contributed by atoms with Crippen LogP contribution in [0.3, 0.4) is 0 Å². The summed E-state index contributed by atoms with van der Waals surface area (Å²) in [6.45, 7) is 1.78. The zero-order valence-electron chi connectivity index (χ0n) is 14.8. The SMILES string of the molecule is COc1cc(C)ccc1OCC(=O)Nc1cccc(C(=O)N(C)C)c1. The van der Waals surface area contributed by atoms with Crippen molar-refractivity contribution in [1.82, 2.24) is 4.90 Å². The fraction of sp³-hybridized carbons (Fsp3) is 0.263. The topological polar surface area (TPSA) is 67.9 Å². The fourth-order valence-electron chi connectivity index (χ4n) is 2.22. The molecule has 0 fully saturated rings. The van der Waals surface area contributed by atoms with E-state index in [1.54, 1.807) is 51.5 Å². The van der Waals surface area contributed by atoms with E-state index in [-0.39, 0.29) is 18.4 Å². The van der Waals surface area contributed by atoms with Gasteiger partial charge in [-0.3, -0.25) is 9.59 Å². The van der Waals surface area contributed by atoms with Gasteiger partial charge in [0.1, 0.15) is 0 Å². The minimum atomic E-state index is -0.322. The predicted octanol–water partition coefficient (Wildman–Crippen LogP) is 2.72. The minimum absolute atomic E-state index is 0.128. The molecule has 0 spiro atoms. The van der Waals surface area contributed by atoms with Crippen LogP contribution in [0, 0.1) is 6.92 Å². The van der Waals surface area contributed by atoms with Crippen LogP contribution in [-0.4, -0.2) is 44.5 Å². The first kappa shape index (κ1) is 18.3. The molecule has 132 valence electrons. The standard InChI is InChI=1S/C19H22N2O4/c1-13-8-9-16(17(10-13)24-4)25-12-18(22)20-15-7-5-6-14(11-15)19(23)21(2)3/h5-11H,12H2,1-4H3,(H,20,22). The Kier molecular flexibility index (Phi) is 6.00. The summed E-state index contributed by atoms with van der Waals surface area (Å²) in [6, 6.07) is 12.2. The second kappa shape index (κ2) is 8.19. The predicted molar refractivity (Wildman–Crippen MR) is 96.3 cm³/mol. The van der Waals surface area contributed by atoms with Crippen LogP contribution in [0.1, 0.15) is 15.9 Å². The Hall–Kier alpha value is -3.02. The van der Waals surface area contributed by atoms with E-state index < -0.39 is 0 Å². The van der Waals surface area contributed by atoms with Gasteiger partial charge in [0.2, 0.25) is 0 Å². The van der Waals surface area contributed by atoms with Crippen molar-refractivity contribution in [3.8, 4) is 11.5 Å². The molecule has 0 saturated carbocycles. The van der Waals surface area contributed by atoms with Crippen molar-refractivity contribution in [3.63, 3.8) is 0 Å². The van der Waals surface area contributed by atoms with Gasteiger partial charge in [0.05, 0.1) is 7.11 Å². The average molecular weight is 342 g/mol. The molecule has 0 saturated heterocycles. The van der Waals surface area contributed by atoms with Crippen molar-refractivity contribution in [1.29, 1.82) is 0 Å². The Morgan fingerprint density at radius 3 is 2.52 bits per heavy atom. The van der Waals surface area contributed by atoms with Crippen LogP contribution < -0.4 is 14.8 Å². The Labute approximate surface area is 147 Å². The van der Waals surface area contributed by atoms with E-state index in [1.165, 1.54) is 4.90 Å². The molecule has 2 amide bonds. The van der Waals surface area contributed by atoms with Crippen molar-refractivity contribution in [2.75, 3.05) is 33.1 Å². The van der Waals surface area contributed by atoms with Gasteiger partial charge >= 0.3 is 0 Å². The number of aryl methyl sites for hydroxylation is 1. The number of hydrogen-bond donors (Lipinski definition) is 1. The highest BCUT2D eigenvalue weighted by Gasteiger charge is 2.11. The first-order valence-corrected chi connectivity index (χ1v) is 7.79. The molecule has 0 aliphatic carbocycles. The number of benzene rings is 2. The van der Waals surface area contributed by atoms with Crippen LogP contribution in [0.2, 0.25) is 0 Å². The number of rotatable bonds is 6. The van der Waals surface area contributed by atoms with E-state index in [0.29, 0.717) is 22.7 Å². The summed E-state index contributed by atoms with van der Waals surface area (Å²) < 4.78 is 10.8. The minimum Gasteiger partial charge on any atom is -0.493 e. The number of amides is 2. The zero-order chi connectivity index (χ0) is 18.4. The number of hydrogen-bond acceptors (Lipinski definition) is 4. The van der Waals surface area contributed by atoms with Crippen LogP contribution in [0.25, 0.3) is 0 Å². The molecular weight excluding hydrogens is 320 g/mol. The number of nitrogens with zero attached hydrogens (tertiary/aromatic N) is 1. The lowest BCUT2D eigenvalue weighted by Gasteiger charge is -2.13. The molecule has 0 atom stereocenters. The number of carbonyl (C=O) groups is 2. The molecule has 6 nitrogen and oxygen atoms in total. The van der Waals surface area contributed by atoms with E-state index in [1.807, 2.05) is 19.1 Å². The van der Waals surface area contributed by atoms with Gasteiger partial charge in [0, 0.05) is 25.3 Å². The monoisotopic (exact) mass is 342 g/mol. The highest BCUT2D eigenvalue weighted by atomic mass is 16.5. The molecule has 0 bridgehead atoms. The molecule has 0 radical (unpaired) electrons. The molecule has 0 aliphatic rings. The summed E-state index contributed by atoms with van der Waals surface area (Å²) in [7, 11) is 4.90. The van der Waals surface area contributed by atoms with Crippen LogP contribution in [0.15, 0.2) is 42.5 Å². The Morgan fingerprint density at radius 1 is 1.08 bits per heavy atom. The maximum Gasteiger partial charge on any atom is 0.262 e. The lowest BCUT2D eigenvalue weighted by molar-refractivity contribution is -0.118. The summed E-state index contributed by atoms with van der Waals surface area (Å²) in [5.74, 6) is 0.625. The van der Waals surface area contributed by atoms with Crippen molar-refractivity contribution in [3.05, 3.63) is 53.6 Å². The first-order valence-electron chi connectivity index (χ1n) is 7.79. The van der Waals surface area contributed by atoms with Gasteiger partial charge in [-0.2, -0.15) is 0 Å². The molecule has 0 unspecified atom stereocenters. The van der Waals surface area contributed by atoms with Crippen molar-refractivity contribution in [2.24, 2.45) is 0 Å². The molecule has 6 heteroatoms. The first-order chi connectivity index (χ1) is 11.9. The van der Waals surface area contributed by atoms with Crippen LogP contribution >= 0.6 is 0 Å². The Balaban J connectivity index is 1.99. The maximum absolute atomic E-state index is 12.1. The van der Waals surface area contributed by atoms with Crippen LogP contribution in [0.5, 0.6) is 11.5 Å². The van der Waals surface area contributed by atoms with Gasteiger partial charge in [-0.25, -0.2) is 0 Å². The second-order valence-electron chi connectivity index (χ2n) is 5.77. The molecule has 0 heterocycles. The number of anilines is 1. The molecule has 2 rings (SSSR count). The Bertz CT molecular complexity index is 772. The lowest BCUT2D eigenvalue weighted by Crippen LogP contribution is -2.23. The summed E-state index contributed by atoms with van der Waals surface area (Å²) >= 11 is 0. The van der Waals surface area contributed by atoms with E-state index in [4.69, 9.17) is 9.47 Å². The van der Waals surface area contributed by atoms with Crippen molar-refractivity contribution < 1.29 is 19.1 Å². The molecule has 2 aromatic rings. The van der Waals surface area contributed by atoms with Crippen LogP contribution in [0.4, 0.5) is 5.69 Å². The zero-order valence-corrected chi connectivity index (χ0v) is 14.8. The molecule has 1 N–H and O–H groups in total. The van der Waals surface area contributed by atoms with Gasteiger partial charge in [0.25, 0.3) is 11.8 Å². The Morgan fingerprint density at radius 2 is 1.84 bits per heavy atom. The lowest BCUT2D eigenvalue weighted by atomic mass is 10.2. The number of methoxy groups -OCH3 is 1. The summed E-state index contributed by atoms with van der Waals surface area (Å²) in [5.41, 5.74) is 2.08. The average Bonchev–Trinajstić information content (AvgIpc) is 2.60. The van der Waals surface area contributed by atoms with Crippen molar-refractivity contribution >= 4 is 17.5 Å². The van der Waals surface area contributed by atoms with Gasteiger partial charge in [-0.05, 0) is 42.8 Å². The third-order valence-electron chi connectivity index (χ3n) is 3.48. The molecule has 0 aliphatic heterocycles. The molecule has 25 heavy (non-hydrogen) atoms. The summed E-state index contributed by atoms with van der Waals surface area (Å²) in [6.07, 6.45) is 0. The molecule has 2 aromatic carbocycles. The largest absolute Gasteiger partial charge is 0.493 e. The van der Waals surface area contributed by atoms with E-state index in [2.05, 4.69) is 5.32 Å². The highest BCUT2D eigenvalue weighted by molar-refractivity contribution is 5.97. The van der Waals surface area contributed by atoms with E-state index >= 15 is 0 Å². The van der Waals surface area contributed by atoms with Gasteiger partial charge in [0.15, 0.2) is 18.1 Å². The third kappa shape index (κ3) is 4.97. The van der Waals surface area contributed by atoms with E-state index in [0.717, 1.165) is 5.56 Å². The number of nitrogens with one attached hydrogen (secondary N) is 1. The molecular formula is C19H22N2O4. The third-order valence-corrected chi connectivity index (χ3v) is 3.48. The maximum atomic E-state index is 12.1. The fourth-order valence-corrected chi connectivity index (χ4v) is 2.22. The van der Waals surface area contributed by atoms with Crippen molar-refractivity contribution in [2.45, 2.75) is 6.92 Å².